The molecular formula is C22H28N2O. The minimum absolute atomic E-state index is 0.528. The van der Waals surface area contributed by atoms with Crippen LogP contribution in [0.1, 0.15) is 29.5 Å². The van der Waals surface area contributed by atoms with Gasteiger partial charge in [-0.3, -0.25) is 9.80 Å². The Labute approximate surface area is 150 Å². The summed E-state index contributed by atoms with van der Waals surface area (Å²) in [6.45, 7) is 5.80. The van der Waals surface area contributed by atoms with Crippen LogP contribution in [0.25, 0.3) is 0 Å². The Kier molecular flexibility index (Phi) is 4.89. The van der Waals surface area contributed by atoms with E-state index in [0.29, 0.717) is 0 Å². The lowest BCUT2D eigenvalue weighted by Gasteiger charge is -2.42. The largest absolute Gasteiger partial charge is 0.388 e. The third-order valence-corrected chi connectivity index (χ3v) is 5.76. The quantitative estimate of drug-likeness (QED) is 0.929. The van der Waals surface area contributed by atoms with E-state index in [0.717, 1.165) is 58.5 Å². The Bertz CT molecular complexity index is 692. The first-order chi connectivity index (χ1) is 12.2. The molecule has 1 fully saturated rings. The number of hydrogen-bond donors (Lipinski definition) is 1. The molecule has 0 aliphatic carbocycles. The van der Waals surface area contributed by atoms with Crippen LogP contribution in [0.4, 0.5) is 0 Å². The number of rotatable bonds is 4. The van der Waals surface area contributed by atoms with E-state index in [2.05, 4.69) is 64.4 Å². The zero-order valence-electron chi connectivity index (χ0n) is 14.9. The van der Waals surface area contributed by atoms with E-state index in [1.165, 1.54) is 16.7 Å². The molecule has 3 heteroatoms. The number of nitrogens with zero attached hydrogens (tertiary/aromatic N) is 2. The van der Waals surface area contributed by atoms with Gasteiger partial charge in [-0.25, -0.2) is 0 Å². The van der Waals surface area contributed by atoms with E-state index in [1.54, 1.807) is 0 Å². The number of hydrogen-bond acceptors (Lipinski definition) is 3. The van der Waals surface area contributed by atoms with Crippen molar-refractivity contribution in [2.24, 2.45) is 0 Å². The monoisotopic (exact) mass is 336 g/mol. The van der Waals surface area contributed by atoms with Crippen LogP contribution in [-0.4, -0.2) is 46.7 Å². The molecule has 0 aromatic heterocycles. The van der Waals surface area contributed by atoms with E-state index in [1.807, 2.05) is 0 Å². The second-order valence-electron chi connectivity index (χ2n) is 7.72. The SMILES string of the molecule is OC1(CN2CCc3ccccc3C2)CCN(Cc2ccccc2)CC1. The second kappa shape index (κ2) is 7.28. The first-order valence-electron chi connectivity index (χ1n) is 9.48. The number of fused-ring (bicyclic) bond motifs is 1. The Morgan fingerprint density at radius 3 is 2.24 bits per heavy atom. The van der Waals surface area contributed by atoms with Crippen LogP contribution in [0.5, 0.6) is 0 Å². The maximum absolute atomic E-state index is 11.1. The van der Waals surface area contributed by atoms with Crippen molar-refractivity contribution in [3.8, 4) is 0 Å². The van der Waals surface area contributed by atoms with Crippen LogP contribution in [0.15, 0.2) is 54.6 Å². The number of aliphatic hydroxyl groups is 1. The van der Waals surface area contributed by atoms with Crippen molar-refractivity contribution < 1.29 is 5.11 Å². The number of likely N-dealkylation sites (tertiary alicyclic amines) is 1. The van der Waals surface area contributed by atoms with E-state index < -0.39 is 5.60 Å². The molecule has 3 nitrogen and oxygen atoms in total. The molecule has 2 heterocycles. The Morgan fingerprint density at radius 2 is 1.48 bits per heavy atom. The second-order valence-corrected chi connectivity index (χ2v) is 7.72. The molecule has 0 atom stereocenters. The lowest BCUT2D eigenvalue weighted by molar-refractivity contribution is -0.0492. The molecule has 2 aromatic rings. The van der Waals surface area contributed by atoms with Crippen molar-refractivity contribution in [2.75, 3.05) is 26.2 Å². The van der Waals surface area contributed by atoms with Crippen molar-refractivity contribution in [1.29, 1.82) is 0 Å². The molecule has 0 unspecified atom stereocenters. The van der Waals surface area contributed by atoms with Crippen molar-refractivity contribution in [3.63, 3.8) is 0 Å². The molecule has 1 saturated heterocycles. The zero-order valence-corrected chi connectivity index (χ0v) is 14.9. The molecule has 0 saturated carbocycles. The average molecular weight is 336 g/mol. The maximum Gasteiger partial charge on any atom is 0.0798 e. The fraction of sp³-hybridized carbons (Fsp3) is 0.455. The van der Waals surface area contributed by atoms with Gasteiger partial charge in [-0.05, 0) is 36.0 Å². The number of benzene rings is 2. The van der Waals surface area contributed by atoms with Crippen LogP contribution in [0, 0.1) is 0 Å². The minimum Gasteiger partial charge on any atom is -0.388 e. The fourth-order valence-electron chi connectivity index (χ4n) is 4.23. The smallest absolute Gasteiger partial charge is 0.0798 e. The first-order valence-corrected chi connectivity index (χ1v) is 9.48. The normalized spacial score (nSPS) is 21.0. The molecule has 0 bridgehead atoms. The predicted molar refractivity (Wildman–Crippen MR) is 101 cm³/mol. The Hall–Kier alpha value is -1.68. The molecule has 2 aliphatic rings. The molecule has 25 heavy (non-hydrogen) atoms. The van der Waals surface area contributed by atoms with Crippen LogP contribution >= 0.6 is 0 Å². The summed E-state index contributed by atoms with van der Waals surface area (Å²) in [4.78, 5) is 4.91. The van der Waals surface area contributed by atoms with Gasteiger partial charge in [0.2, 0.25) is 0 Å². The third-order valence-electron chi connectivity index (χ3n) is 5.76. The van der Waals surface area contributed by atoms with E-state index >= 15 is 0 Å². The van der Waals surface area contributed by atoms with Crippen LogP contribution in [-0.2, 0) is 19.5 Å². The summed E-state index contributed by atoms with van der Waals surface area (Å²) >= 11 is 0. The molecule has 132 valence electrons. The Morgan fingerprint density at radius 1 is 0.800 bits per heavy atom. The summed E-state index contributed by atoms with van der Waals surface area (Å²) in [6, 6.07) is 19.4. The molecule has 4 rings (SSSR count). The fourth-order valence-corrected chi connectivity index (χ4v) is 4.23. The van der Waals surface area contributed by atoms with Crippen molar-refractivity contribution in [1.82, 2.24) is 9.80 Å². The Balaban J connectivity index is 1.31. The average Bonchev–Trinajstić information content (AvgIpc) is 2.64. The molecule has 2 aromatic carbocycles. The zero-order chi connectivity index (χ0) is 17.1. The van der Waals surface area contributed by atoms with Gasteiger partial charge >= 0.3 is 0 Å². The standard InChI is InChI=1S/C22H28N2O/c25-22(18-24-13-10-20-8-4-5-9-21(20)17-24)11-14-23(15-12-22)16-19-6-2-1-3-7-19/h1-9,25H,10-18H2. The highest BCUT2D eigenvalue weighted by molar-refractivity contribution is 5.29. The maximum atomic E-state index is 11.1. The third kappa shape index (κ3) is 4.12. The highest BCUT2D eigenvalue weighted by atomic mass is 16.3. The predicted octanol–water partition coefficient (Wildman–Crippen LogP) is 3.07. The lowest BCUT2D eigenvalue weighted by atomic mass is 9.89. The number of piperidine rings is 1. The van der Waals surface area contributed by atoms with Crippen molar-refractivity contribution >= 4 is 0 Å². The molecule has 0 amide bonds. The van der Waals surface area contributed by atoms with Crippen LogP contribution < -0.4 is 0 Å². The van der Waals surface area contributed by atoms with E-state index in [9.17, 15) is 5.11 Å². The van der Waals surface area contributed by atoms with Crippen molar-refractivity contribution in [2.45, 2.75) is 38.0 Å². The molecule has 1 N–H and O–H groups in total. The van der Waals surface area contributed by atoms with Crippen molar-refractivity contribution in [3.05, 3.63) is 71.3 Å². The highest BCUT2D eigenvalue weighted by Gasteiger charge is 2.34. The van der Waals surface area contributed by atoms with Gasteiger partial charge < -0.3 is 5.11 Å². The summed E-state index contributed by atoms with van der Waals surface area (Å²) in [7, 11) is 0. The lowest BCUT2D eigenvalue weighted by Crippen LogP contribution is -2.51. The summed E-state index contributed by atoms with van der Waals surface area (Å²) in [5.74, 6) is 0. The molecule has 2 aliphatic heterocycles. The molecular weight excluding hydrogens is 308 g/mol. The topological polar surface area (TPSA) is 26.7 Å². The summed E-state index contributed by atoms with van der Waals surface area (Å²) in [5, 5.41) is 11.1. The minimum atomic E-state index is -0.528. The van der Waals surface area contributed by atoms with Gasteiger partial charge in [-0.15, -0.1) is 0 Å². The molecule has 0 spiro atoms. The van der Waals surface area contributed by atoms with Crippen LogP contribution in [0.2, 0.25) is 0 Å². The van der Waals surface area contributed by atoms with E-state index in [-0.39, 0.29) is 0 Å². The molecule has 0 radical (unpaired) electrons. The number of β-amino-alcohol motifs (C(OH)–C–C–N with tert-alkyl or cyclic N) is 1. The van der Waals surface area contributed by atoms with Gasteiger partial charge in [0, 0.05) is 39.3 Å². The van der Waals surface area contributed by atoms with Gasteiger partial charge in [-0.1, -0.05) is 54.6 Å². The summed E-state index contributed by atoms with van der Waals surface area (Å²) < 4.78 is 0. The van der Waals surface area contributed by atoms with Gasteiger partial charge in [-0.2, -0.15) is 0 Å². The first kappa shape index (κ1) is 16.8. The van der Waals surface area contributed by atoms with Gasteiger partial charge in [0.05, 0.1) is 5.60 Å². The summed E-state index contributed by atoms with van der Waals surface area (Å²) in [6.07, 6.45) is 2.85. The van der Waals surface area contributed by atoms with Gasteiger partial charge in [0.1, 0.15) is 0 Å². The van der Waals surface area contributed by atoms with Gasteiger partial charge in [0.25, 0.3) is 0 Å². The van der Waals surface area contributed by atoms with E-state index in [4.69, 9.17) is 0 Å². The van der Waals surface area contributed by atoms with Crippen LogP contribution in [0.3, 0.4) is 0 Å². The summed E-state index contributed by atoms with van der Waals surface area (Å²) in [5.41, 5.74) is 3.74. The highest BCUT2D eigenvalue weighted by Crippen LogP contribution is 2.27. The van der Waals surface area contributed by atoms with Gasteiger partial charge in [0.15, 0.2) is 0 Å².